The van der Waals surface area contributed by atoms with Crippen molar-refractivity contribution in [2.45, 2.75) is 13.8 Å². The number of carbonyl (C=O) groups excluding carboxylic acids is 1. The van der Waals surface area contributed by atoms with Crippen LogP contribution in [-0.2, 0) is 19.5 Å². The number of methoxy groups -OCH3 is 1. The summed E-state index contributed by atoms with van der Waals surface area (Å²) in [4.78, 5) is 11.3. The topological polar surface area (TPSA) is 81.7 Å². The molecule has 0 aliphatic heterocycles. The van der Waals surface area contributed by atoms with Gasteiger partial charge < -0.3 is 9.47 Å². The van der Waals surface area contributed by atoms with E-state index in [1.807, 2.05) is 0 Å². The van der Waals surface area contributed by atoms with Crippen molar-refractivity contribution in [2.75, 3.05) is 37.4 Å². The lowest BCUT2D eigenvalue weighted by molar-refractivity contribution is 0.0785. The highest BCUT2D eigenvalue weighted by molar-refractivity contribution is 7.92. The molecule has 118 valence electrons. The Labute approximate surface area is 125 Å². The minimum Gasteiger partial charge on any atom is -0.382 e. The maximum absolute atomic E-state index is 12.0. The highest BCUT2D eigenvalue weighted by Crippen LogP contribution is 2.18. The van der Waals surface area contributed by atoms with Crippen LogP contribution in [0.5, 0.6) is 0 Å². The van der Waals surface area contributed by atoms with Crippen LogP contribution in [0.2, 0.25) is 0 Å². The number of rotatable bonds is 9. The maximum atomic E-state index is 12.0. The Morgan fingerprint density at radius 3 is 2.57 bits per heavy atom. The third-order valence-corrected chi connectivity index (χ3v) is 4.07. The van der Waals surface area contributed by atoms with Crippen molar-refractivity contribution in [3.63, 3.8) is 0 Å². The van der Waals surface area contributed by atoms with E-state index in [9.17, 15) is 13.2 Å². The lowest BCUT2D eigenvalue weighted by Crippen LogP contribution is -2.21. The number of hydrogen-bond acceptors (Lipinski definition) is 5. The fourth-order valence-electron chi connectivity index (χ4n) is 1.58. The Balaban J connectivity index is 2.66. The Morgan fingerprint density at radius 2 is 1.95 bits per heavy atom. The standard InChI is InChI=1S/C14H21NO5S/c1-11-4-5-13(12(2)16)10-14(11)15-21(17,18)9-8-20-7-6-19-3/h4-5,10,15H,6-9H2,1-3H3. The van der Waals surface area contributed by atoms with Crippen LogP contribution in [0.4, 0.5) is 5.69 Å². The molecule has 0 atom stereocenters. The zero-order chi connectivity index (χ0) is 15.9. The predicted octanol–water partition coefficient (Wildman–Crippen LogP) is 1.60. The average Bonchev–Trinajstić information content (AvgIpc) is 2.40. The van der Waals surface area contributed by atoms with E-state index in [0.29, 0.717) is 24.5 Å². The molecule has 0 saturated carbocycles. The normalized spacial score (nSPS) is 11.4. The van der Waals surface area contributed by atoms with E-state index >= 15 is 0 Å². The van der Waals surface area contributed by atoms with Gasteiger partial charge in [-0.05, 0) is 25.5 Å². The van der Waals surface area contributed by atoms with Crippen molar-refractivity contribution in [3.05, 3.63) is 29.3 Å². The summed E-state index contributed by atoms with van der Waals surface area (Å²) in [5.74, 6) is -0.265. The van der Waals surface area contributed by atoms with Gasteiger partial charge in [-0.15, -0.1) is 0 Å². The molecule has 7 heteroatoms. The van der Waals surface area contributed by atoms with Crippen LogP contribution in [0.15, 0.2) is 18.2 Å². The quantitative estimate of drug-likeness (QED) is 0.553. The Bertz CT molecular complexity index is 583. The highest BCUT2D eigenvalue weighted by atomic mass is 32.2. The number of ether oxygens (including phenoxy) is 2. The average molecular weight is 315 g/mol. The number of benzene rings is 1. The van der Waals surface area contributed by atoms with E-state index < -0.39 is 10.0 Å². The molecular formula is C14H21NO5S. The van der Waals surface area contributed by atoms with Crippen LogP contribution >= 0.6 is 0 Å². The molecule has 0 fully saturated rings. The Kier molecular flexibility index (Phi) is 6.80. The summed E-state index contributed by atoms with van der Waals surface area (Å²) < 4.78 is 36.3. The van der Waals surface area contributed by atoms with E-state index in [-0.39, 0.29) is 18.1 Å². The molecule has 0 radical (unpaired) electrons. The predicted molar refractivity (Wildman–Crippen MR) is 81.3 cm³/mol. The zero-order valence-corrected chi connectivity index (χ0v) is 13.3. The highest BCUT2D eigenvalue weighted by Gasteiger charge is 2.13. The van der Waals surface area contributed by atoms with Crippen molar-refractivity contribution in [3.8, 4) is 0 Å². The molecule has 0 heterocycles. The molecule has 1 rings (SSSR count). The first-order valence-electron chi connectivity index (χ1n) is 6.54. The maximum Gasteiger partial charge on any atom is 0.235 e. The van der Waals surface area contributed by atoms with Crippen LogP contribution < -0.4 is 4.72 Å². The number of sulfonamides is 1. The first-order valence-corrected chi connectivity index (χ1v) is 8.19. The van der Waals surface area contributed by atoms with Crippen LogP contribution in [0.25, 0.3) is 0 Å². The number of carbonyl (C=O) groups is 1. The van der Waals surface area contributed by atoms with Crippen LogP contribution in [0.3, 0.4) is 0 Å². The van der Waals surface area contributed by atoms with Gasteiger partial charge in [-0.3, -0.25) is 9.52 Å². The minimum atomic E-state index is -3.51. The van der Waals surface area contributed by atoms with Crippen LogP contribution in [0.1, 0.15) is 22.8 Å². The SMILES string of the molecule is COCCOCCS(=O)(=O)Nc1cc(C(C)=O)ccc1C. The third-order valence-electron chi connectivity index (χ3n) is 2.84. The second-order valence-corrected chi connectivity index (χ2v) is 6.45. The smallest absolute Gasteiger partial charge is 0.235 e. The van der Waals surface area contributed by atoms with E-state index in [0.717, 1.165) is 5.56 Å². The molecule has 0 bridgehead atoms. The Morgan fingerprint density at radius 1 is 1.24 bits per heavy atom. The monoisotopic (exact) mass is 315 g/mol. The molecule has 0 amide bonds. The molecule has 0 unspecified atom stereocenters. The van der Waals surface area contributed by atoms with Crippen molar-refractivity contribution in [1.82, 2.24) is 0 Å². The molecule has 0 aliphatic carbocycles. The lowest BCUT2D eigenvalue weighted by atomic mass is 10.1. The molecule has 0 aliphatic rings. The molecule has 0 spiro atoms. The van der Waals surface area contributed by atoms with Gasteiger partial charge in [0.15, 0.2) is 5.78 Å². The number of nitrogens with one attached hydrogen (secondary N) is 1. The van der Waals surface area contributed by atoms with Crippen LogP contribution in [0, 0.1) is 6.92 Å². The number of aryl methyl sites for hydroxylation is 1. The van der Waals surface area contributed by atoms with E-state index in [1.54, 1.807) is 32.2 Å². The molecule has 0 aromatic heterocycles. The number of hydrogen-bond donors (Lipinski definition) is 1. The van der Waals surface area contributed by atoms with Crippen molar-refractivity contribution < 1.29 is 22.7 Å². The zero-order valence-electron chi connectivity index (χ0n) is 12.5. The molecule has 0 saturated heterocycles. The largest absolute Gasteiger partial charge is 0.382 e. The number of ketones is 1. The van der Waals surface area contributed by atoms with Gasteiger partial charge in [0, 0.05) is 12.7 Å². The number of anilines is 1. The molecular weight excluding hydrogens is 294 g/mol. The second-order valence-electron chi connectivity index (χ2n) is 4.61. The van der Waals surface area contributed by atoms with Gasteiger partial charge in [0.25, 0.3) is 0 Å². The summed E-state index contributed by atoms with van der Waals surface area (Å²) in [7, 11) is -1.97. The van der Waals surface area contributed by atoms with Crippen LogP contribution in [-0.4, -0.2) is 46.9 Å². The fourth-order valence-corrected chi connectivity index (χ4v) is 2.58. The van der Waals surface area contributed by atoms with Gasteiger partial charge in [-0.2, -0.15) is 0 Å². The Hall–Kier alpha value is -1.44. The molecule has 21 heavy (non-hydrogen) atoms. The molecule has 1 N–H and O–H groups in total. The van der Waals surface area contributed by atoms with Crippen molar-refractivity contribution in [1.29, 1.82) is 0 Å². The van der Waals surface area contributed by atoms with E-state index in [1.165, 1.54) is 6.92 Å². The summed E-state index contributed by atoms with van der Waals surface area (Å²) in [6.07, 6.45) is 0. The van der Waals surface area contributed by atoms with Gasteiger partial charge in [-0.1, -0.05) is 12.1 Å². The van der Waals surface area contributed by atoms with Gasteiger partial charge in [0.1, 0.15) is 0 Å². The first kappa shape index (κ1) is 17.6. The van der Waals surface area contributed by atoms with Gasteiger partial charge >= 0.3 is 0 Å². The summed E-state index contributed by atoms with van der Waals surface area (Å²) in [5.41, 5.74) is 1.64. The lowest BCUT2D eigenvalue weighted by Gasteiger charge is -2.11. The van der Waals surface area contributed by atoms with E-state index in [2.05, 4.69) is 4.72 Å². The van der Waals surface area contributed by atoms with E-state index in [4.69, 9.17) is 9.47 Å². The molecule has 1 aromatic rings. The van der Waals surface area contributed by atoms with Crippen molar-refractivity contribution in [2.24, 2.45) is 0 Å². The fraction of sp³-hybridized carbons (Fsp3) is 0.500. The minimum absolute atomic E-state index is 0.0874. The second kappa shape index (κ2) is 8.11. The molecule has 6 nitrogen and oxygen atoms in total. The summed E-state index contributed by atoms with van der Waals surface area (Å²) in [5, 5.41) is 0. The van der Waals surface area contributed by atoms with Crippen molar-refractivity contribution >= 4 is 21.5 Å². The summed E-state index contributed by atoms with van der Waals surface area (Å²) in [6.45, 7) is 4.08. The summed E-state index contributed by atoms with van der Waals surface area (Å²) in [6, 6.07) is 4.92. The molecule has 1 aromatic carbocycles. The first-order chi connectivity index (χ1) is 9.85. The number of Topliss-reactive ketones (excluding diaryl/α,β-unsaturated/α-hetero) is 1. The van der Waals surface area contributed by atoms with Gasteiger partial charge in [0.05, 0.1) is 31.3 Å². The van der Waals surface area contributed by atoms with Gasteiger partial charge in [-0.25, -0.2) is 8.42 Å². The third kappa shape index (κ3) is 6.24. The summed E-state index contributed by atoms with van der Waals surface area (Å²) >= 11 is 0. The van der Waals surface area contributed by atoms with Gasteiger partial charge in [0.2, 0.25) is 10.0 Å².